The van der Waals surface area contributed by atoms with Crippen LogP contribution >= 0.6 is 0 Å². The second-order valence-corrected chi connectivity index (χ2v) is 8.05. The smallest absolute Gasteiger partial charge is 0.312 e. The SMILES string of the molecule is CC[C@]1(C(=O)OC)C[C@H]1/C=C\CCCCCCC(=O)N1C[C@@H](O)C[C@H]1C(N)=O. The Balaban J connectivity index is 1.57. The third-order valence-electron chi connectivity index (χ3n) is 6.16. The van der Waals surface area contributed by atoms with Crippen LogP contribution in [0.4, 0.5) is 0 Å². The Bertz CT molecular complexity index is 606. The zero-order valence-corrected chi connectivity index (χ0v) is 17.1. The number of amides is 2. The van der Waals surface area contributed by atoms with Crippen molar-refractivity contribution in [3.8, 4) is 0 Å². The number of likely N-dealkylation sites (tertiary alicyclic amines) is 1. The first-order valence-electron chi connectivity index (χ1n) is 10.4. The highest BCUT2D eigenvalue weighted by atomic mass is 16.5. The Morgan fingerprint density at radius 2 is 1.96 bits per heavy atom. The van der Waals surface area contributed by atoms with E-state index in [4.69, 9.17) is 10.5 Å². The van der Waals surface area contributed by atoms with Crippen molar-refractivity contribution < 1.29 is 24.2 Å². The molecule has 3 N–H and O–H groups in total. The van der Waals surface area contributed by atoms with Gasteiger partial charge in [0.25, 0.3) is 0 Å². The molecule has 1 saturated heterocycles. The number of aliphatic hydroxyl groups excluding tert-OH is 1. The summed E-state index contributed by atoms with van der Waals surface area (Å²) >= 11 is 0. The van der Waals surface area contributed by atoms with Crippen molar-refractivity contribution in [3.05, 3.63) is 12.2 Å². The van der Waals surface area contributed by atoms with Crippen LogP contribution in [0.15, 0.2) is 12.2 Å². The zero-order chi connectivity index (χ0) is 20.7. The van der Waals surface area contributed by atoms with E-state index in [9.17, 15) is 19.5 Å². The summed E-state index contributed by atoms with van der Waals surface area (Å²) in [6.45, 7) is 2.23. The summed E-state index contributed by atoms with van der Waals surface area (Å²) in [4.78, 5) is 36.9. The van der Waals surface area contributed by atoms with Crippen molar-refractivity contribution in [2.45, 2.75) is 76.9 Å². The molecule has 0 unspecified atom stereocenters. The van der Waals surface area contributed by atoms with Gasteiger partial charge in [-0.3, -0.25) is 14.4 Å². The van der Waals surface area contributed by atoms with Gasteiger partial charge in [0.2, 0.25) is 11.8 Å². The number of esters is 1. The van der Waals surface area contributed by atoms with Crippen molar-refractivity contribution in [2.75, 3.05) is 13.7 Å². The Morgan fingerprint density at radius 3 is 2.61 bits per heavy atom. The molecular formula is C21H34N2O5. The first kappa shape index (κ1) is 22.4. The third kappa shape index (κ3) is 5.34. The molecule has 1 aliphatic heterocycles. The van der Waals surface area contributed by atoms with Gasteiger partial charge >= 0.3 is 5.97 Å². The average molecular weight is 395 g/mol. The molecule has 7 nitrogen and oxygen atoms in total. The second kappa shape index (κ2) is 10.0. The van der Waals surface area contributed by atoms with Crippen molar-refractivity contribution in [1.29, 1.82) is 0 Å². The number of aliphatic hydroxyl groups is 1. The van der Waals surface area contributed by atoms with Gasteiger partial charge in [-0.2, -0.15) is 0 Å². The number of nitrogens with two attached hydrogens (primary N) is 1. The summed E-state index contributed by atoms with van der Waals surface area (Å²) < 4.78 is 4.91. The molecule has 0 radical (unpaired) electrons. The Hall–Kier alpha value is -1.89. The lowest BCUT2D eigenvalue weighted by Gasteiger charge is -2.21. The van der Waals surface area contributed by atoms with Crippen LogP contribution < -0.4 is 5.73 Å². The number of primary amides is 1. The first-order chi connectivity index (χ1) is 13.4. The zero-order valence-electron chi connectivity index (χ0n) is 17.1. The normalized spacial score (nSPS) is 29.2. The van der Waals surface area contributed by atoms with E-state index in [2.05, 4.69) is 12.2 Å². The maximum Gasteiger partial charge on any atom is 0.312 e. The topological polar surface area (TPSA) is 110 Å². The number of methoxy groups -OCH3 is 1. The number of ether oxygens (including phenoxy) is 1. The van der Waals surface area contributed by atoms with Crippen LogP contribution in [-0.4, -0.2) is 53.6 Å². The fourth-order valence-corrected chi connectivity index (χ4v) is 4.23. The van der Waals surface area contributed by atoms with Crippen LogP contribution in [0.1, 0.15) is 64.7 Å². The molecule has 2 aliphatic rings. The molecular weight excluding hydrogens is 360 g/mol. The summed E-state index contributed by atoms with van der Waals surface area (Å²) in [5, 5.41) is 9.66. The monoisotopic (exact) mass is 394 g/mol. The summed E-state index contributed by atoms with van der Waals surface area (Å²) in [5.41, 5.74) is 5.02. The number of nitrogens with zero attached hydrogens (tertiary/aromatic N) is 1. The molecule has 158 valence electrons. The largest absolute Gasteiger partial charge is 0.469 e. The van der Waals surface area contributed by atoms with Gasteiger partial charge in [-0.1, -0.05) is 31.9 Å². The molecule has 2 fully saturated rings. The van der Waals surface area contributed by atoms with Crippen LogP contribution in [0.3, 0.4) is 0 Å². The van der Waals surface area contributed by atoms with Crippen molar-refractivity contribution >= 4 is 17.8 Å². The highest BCUT2D eigenvalue weighted by Gasteiger charge is 2.58. The second-order valence-electron chi connectivity index (χ2n) is 8.05. The maximum atomic E-state index is 12.3. The first-order valence-corrected chi connectivity index (χ1v) is 10.4. The lowest BCUT2D eigenvalue weighted by Crippen LogP contribution is -2.43. The quantitative estimate of drug-likeness (QED) is 0.316. The molecule has 1 aliphatic carbocycles. The van der Waals surface area contributed by atoms with Crippen LogP contribution in [0.25, 0.3) is 0 Å². The molecule has 0 aromatic heterocycles. The van der Waals surface area contributed by atoms with Gasteiger partial charge < -0.3 is 20.5 Å². The molecule has 0 spiro atoms. The van der Waals surface area contributed by atoms with Crippen LogP contribution in [0.5, 0.6) is 0 Å². The number of unbranched alkanes of at least 4 members (excludes halogenated alkanes) is 4. The predicted molar refractivity (Wildman–Crippen MR) is 105 cm³/mol. The van der Waals surface area contributed by atoms with Crippen molar-refractivity contribution in [3.63, 3.8) is 0 Å². The Morgan fingerprint density at radius 1 is 1.25 bits per heavy atom. The minimum Gasteiger partial charge on any atom is -0.469 e. The van der Waals surface area contributed by atoms with Crippen LogP contribution in [-0.2, 0) is 19.1 Å². The summed E-state index contributed by atoms with van der Waals surface area (Å²) in [6, 6.07) is -0.671. The fourth-order valence-electron chi connectivity index (χ4n) is 4.23. The number of carbonyl (C=O) groups is 3. The molecule has 7 heteroatoms. The van der Waals surface area contributed by atoms with Gasteiger partial charge in [0.1, 0.15) is 6.04 Å². The molecule has 28 heavy (non-hydrogen) atoms. The summed E-state index contributed by atoms with van der Waals surface area (Å²) in [5.74, 6) is -0.450. The number of hydrogen-bond donors (Lipinski definition) is 2. The number of β-amino-alcohol motifs (C(OH)–C–C–N with tert-alkyl or cyclic N) is 1. The molecule has 2 rings (SSSR count). The number of allylic oxidation sites excluding steroid dienone is 2. The van der Waals surface area contributed by atoms with E-state index in [-0.39, 0.29) is 30.3 Å². The highest BCUT2D eigenvalue weighted by molar-refractivity contribution is 5.87. The molecule has 4 atom stereocenters. The molecule has 0 aromatic rings. The lowest BCUT2D eigenvalue weighted by atomic mass is 10.00. The Kier molecular flexibility index (Phi) is 8.04. The van der Waals surface area contributed by atoms with Gasteiger partial charge in [-0.05, 0) is 38.0 Å². The average Bonchev–Trinajstić information content (AvgIpc) is 3.26. The van der Waals surface area contributed by atoms with E-state index < -0.39 is 18.1 Å². The van der Waals surface area contributed by atoms with Crippen LogP contribution in [0.2, 0.25) is 0 Å². The van der Waals surface area contributed by atoms with Gasteiger partial charge in [0.15, 0.2) is 0 Å². The van der Waals surface area contributed by atoms with Gasteiger partial charge in [0, 0.05) is 19.4 Å². The predicted octanol–water partition coefficient (Wildman–Crippen LogP) is 1.92. The minimum absolute atomic E-state index is 0.0987. The van der Waals surface area contributed by atoms with Crippen LogP contribution in [0, 0.1) is 11.3 Å². The van der Waals surface area contributed by atoms with Crippen molar-refractivity contribution in [1.82, 2.24) is 4.90 Å². The van der Waals surface area contributed by atoms with E-state index in [0.717, 1.165) is 44.9 Å². The van der Waals surface area contributed by atoms with E-state index in [1.165, 1.54) is 12.0 Å². The molecule has 2 amide bonds. The van der Waals surface area contributed by atoms with Gasteiger partial charge in [-0.15, -0.1) is 0 Å². The molecule has 1 heterocycles. The van der Waals surface area contributed by atoms with Crippen molar-refractivity contribution in [2.24, 2.45) is 17.1 Å². The van der Waals surface area contributed by atoms with E-state index in [0.29, 0.717) is 12.3 Å². The minimum atomic E-state index is -0.671. The molecule has 0 bridgehead atoms. The van der Waals surface area contributed by atoms with E-state index in [1.54, 1.807) is 0 Å². The van der Waals surface area contributed by atoms with E-state index in [1.807, 2.05) is 6.92 Å². The number of hydrogen-bond acceptors (Lipinski definition) is 5. The highest BCUT2D eigenvalue weighted by Crippen LogP contribution is 2.56. The van der Waals surface area contributed by atoms with Gasteiger partial charge in [0.05, 0.1) is 18.6 Å². The standard InChI is InChI=1S/C21H34N2O5/c1-3-21(20(27)28-2)13-15(21)10-8-6-4-5-7-9-11-18(25)23-14-16(24)12-17(23)19(22)26/h8,10,15-17,24H,3-7,9,11-14H2,1-2H3,(H2,22,26)/b10-8-/t15-,16+,17+,21+/m1/s1. The van der Waals surface area contributed by atoms with E-state index >= 15 is 0 Å². The van der Waals surface area contributed by atoms with Gasteiger partial charge in [-0.25, -0.2) is 0 Å². The molecule has 1 saturated carbocycles. The fraction of sp³-hybridized carbons (Fsp3) is 0.762. The molecule has 0 aromatic carbocycles. The Labute approximate surface area is 167 Å². The number of carbonyl (C=O) groups excluding carboxylic acids is 3. The third-order valence-corrected chi connectivity index (χ3v) is 6.16. The summed E-state index contributed by atoms with van der Waals surface area (Å²) in [7, 11) is 1.45. The maximum absolute atomic E-state index is 12.3. The summed E-state index contributed by atoms with van der Waals surface area (Å²) in [6.07, 6.45) is 10.7. The number of rotatable bonds is 11. The lowest BCUT2D eigenvalue weighted by molar-refractivity contribution is -0.147.